The SMILES string of the molecule is CCOC(=O)c1ccc(-c2ccc(OCCCCCCCCCCC3OC(CC)CC(CC(C)O)O3)cc2)cc1. The van der Waals surface area contributed by atoms with Crippen LogP contribution in [0.1, 0.15) is 108 Å². The second-order valence-corrected chi connectivity index (χ2v) is 11.0. The Morgan fingerprint density at radius 2 is 1.43 bits per heavy atom. The van der Waals surface area contributed by atoms with E-state index in [2.05, 4.69) is 19.1 Å². The lowest BCUT2D eigenvalue weighted by molar-refractivity contribution is -0.249. The molecule has 4 atom stereocenters. The Morgan fingerprint density at radius 1 is 0.850 bits per heavy atom. The molecule has 3 rings (SSSR count). The molecule has 2 aromatic carbocycles. The first kappa shape index (κ1) is 32.1. The fourth-order valence-corrected chi connectivity index (χ4v) is 5.22. The zero-order valence-electron chi connectivity index (χ0n) is 24.8. The summed E-state index contributed by atoms with van der Waals surface area (Å²) in [6, 6.07) is 15.6. The molecule has 1 saturated heterocycles. The number of carbonyl (C=O) groups is 1. The van der Waals surface area contributed by atoms with Crippen molar-refractivity contribution < 1.29 is 28.8 Å². The molecule has 40 heavy (non-hydrogen) atoms. The number of benzene rings is 2. The number of ether oxygens (including phenoxy) is 4. The van der Waals surface area contributed by atoms with Gasteiger partial charge in [0.2, 0.25) is 0 Å². The van der Waals surface area contributed by atoms with Gasteiger partial charge < -0.3 is 24.1 Å². The standard InChI is InChI=1S/C34H50O6/c1-4-30-25-32(24-26(3)35)40-33(39-30)14-12-10-8-6-7-9-11-13-23-38-31-21-19-28(20-22-31)27-15-17-29(18-16-27)34(36)37-5-2/h15-22,26,30,32-33,35H,4-14,23-25H2,1-3H3. The fraction of sp³-hybridized carbons (Fsp3) is 0.618. The second-order valence-electron chi connectivity index (χ2n) is 11.0. The van der Waals surface area contributed by atoms with Gasteiger partial charge in [0, 0.05) is 6.42 Å². The summed E-state index contributed by atoms with van der Waals surface area (Å²) in [5.74, 6) is 0.600. The van der Waals surface area contributed by atoms with E-state index in [0.717, 1.165) is 55.6 Å². The average Bonchev–Trinajstić information content (AvgIpc) is 2.96. The number of aliphatic hydroxyl groups excluding tert-OH is 1. The molecular weight excluding hydrogens is 504 g/mol. The molecule has 0 bridgehead atoms. The maximum absolute atomic E-state index is 11.8. The van der Waals surface area contributed by atoms with Crippen molar-refractivity contribution in [1.29, 1.82) is 0 Å². The third-order valence-corrected chi connectivity index (χ3v) is 7.46. The molecule has 1 N–H and O–H groups in total. The maximum Gasteiger partial charge on any atom is 0.338 e. The largest absolute Gasteiger partial charge is 0.494 e. The Kier molecular flexibility index (Phi) is 14.5. The lowest BCUT2D eigenvalue weighted by atomic mass is 10.0. The van der Waals surface area contributed by atoms with Crippen molar-refractivity contribution in [1.82, 2.24) is 0 Å². The van der Waals surface area contributed by atoms with E-state index in [0.29, 0.717) is 18.6 Å². The third kappa shape index (κ3) is 11.6. The molecule has 0 aliphatic carbocycles. The van der Waals surface area contributed by atoms with Crippen molar-refractivity contribution in [3.8, 4) is 16.9 Å². The van der Waals surface area contributed by atoms with E-state index in [1.54, 1.807) is 12.1 Å². The molecule has 2 aromatic rings. The zero-order valence-corrected chi connectivity index (χ0v) is 24.8. The topological polar surface area (TPSA) is 74.2 Å². The molecule has 6 nitrogen and oxygen atoms in total. The summed E-state index contributed by atoms with van der Waals surface area (Å²) in [4.78, 5) is 11.8. The van der Waals surface area contributed by atoms with Gasteiger partial charge in [-0.05, 0) is 81.3 Å². The highest BCUT2D eigenvalue weighted by Gasteiger charge is 2.29. The van der Waals surface area contributed by atoms with E-state index in [1.807, 2.05) is 38.1 Å². The van der Waals surface area contributed by atoms with E-state index in [4.69, 9.17) is 18.9 Å². The zero-order chi connectivity index (χ0) is 28.6. The van der Waals surface area contributed by atoms with Crippen LogP contribution in [0.15, 0.2) is 48.5 Å². The van der Waals surface area contributed by atoms with Crippen LogP contribution in [0.2, 0.25) is 0 Å². The van der Waals surface area contributed by atoms with Crippen LogP contribution in [0.4, 0.5) is 0 Å². The fourth-order valence-electron chi connectivity index (χ4n) is 5.22. The van der Waals surface area contributed by atoms with E-state index in [9.17, 15) is 9.90 Å². The number of rotatable bonds is 18. The number of aliphatic hydroxyl groups is 1. The summed E-state index contributed by atoms with van der Waals surface area (Å²) in [5.41, 5.74) is 2.72. The lowest BCUT2D eigenvalue weighted by Crippen LogP contribution is -2.39. The number of hydrogen-bond acceptors (Lipinski definition) is 6. The van der Waals surface area contributed by atoms with Gasteiger partial charge in [-0.25, -0.2) is 4.79 Å². The second kappa shape index (κ2) is 18.1. The van der Waals surface area contributed by atoms with Gasteiger partial charge in [-0.2, -0.15) is 0 Å². The van der Waals surface area contributed by atoms with Crippen molar-refractivity contribution in [2.45, 2.75) is 122 Å². The molecule has 1 aliphatic heterocycles. The monoisotopic (exact) mass is 554 g/mol. The van der Waals surface area contributed by atoms with Gasteiger partial charge in [0.05, 0.1) is 37.1 Å². The van der Waals surface area contributed by atoms with E-state index in [-0.39, 0.29) is 30.6 Å². The predicted octanol–water partition coefficient (Wildman–Crippen LogP) is 8.10. The lowest BCUT2D eigenvalue weighted by Gasteiger charge is -2.36. The Morgan fingerprint density at radius 3 is 2.02 bits per heavy atom. The minimum atomic E-state index is -0.323. The van der Waals surface area contributed by atoms with Crippen molar-refractivity contribution in [2.75, 3.05) is 13.2 Å². The van der Waals surface area contributed by atoms with Crippen LogP contribution in [-0.4, -0.2) is 48.9 Å². The number of carbonyl (C=O) groups excluding carboxylic acids is 1. The minimum Gasteiger partial charge on any atom is -0.494 e. The maximum atomic E-state index is 11.8. The summed E-state index contributed by atoms with van der Waals surface area (Å²) in [7, 11) is 0. The third-order valence-electron chi connectivity index (χ3n) is 7.46. The quantitative estimate of drug-likeness (QED) is 0.148. The molecule has 4 unspecified atom stereocenters. The summed E-state index contributed by atoms with van der Waals surface area (Å²) in [6.07, 6.45) is 13.2. The van der Waals surface area contributed by atoms with Crippen molar-refractivity contribution >= 4 is 5.97 Å². The molecule has 6 heteroatoms. The Balaban J connectivity index is 1.20. The predicted molar refractivity (Wildman–Crippen MR) is 160 cm³/mol. The van der Waals surface area contributed by atoms with Crippen LogP contribution < -0.4 is 4.74 Å². The van der Waals surface area contributed by atoms with E-state index < -0.39 is 0 Å². The molecule has 222 valence electrons. The molecule has 0 spiro atoms. The van der Waals surface area contributed by atoms with E-state index in [1.165, 1.54) is 38.5 Å². The van der Waals surface area contributed by atoms with Gasteiger partial charge in [-0.15, -0.1) is 0 Å². The van der Waals surface area contributed by atoms with Crippen LogP contribution in [0.3, 0.4) is 0 Å². The highest BCUT2D eigenvalue weighted by molar-refractivity contribution is 5.90. The van der Waals surface area contributed by atoms with Gasteiger partial charge in [-0.3, -0.25) is 0 Å². The normalized spacial score (nSPS) is 19.8. The highest BCUT2D eigenvalue weighted by Crippen LogP contribution is 2.27. The molecular formula is C34H50O6. The Bertz CT molecular complexity index is 955. The number of hydrogen-bond donors (Lipinski definition) is 1. The highest BCUT2D eigenvalue weighted by atomic mass is 16.7. The first-order chi connectivity index (χ1) is 19.5. The molecule has 1 heterocycles. The Labute approximate surface area is 241 Å². The van der Waals surface area contributed by atoms with Gasteiger partial charge in [-0.1, -0.05) is 69.7 Å². The summed E-state index contributed by atoms with van der Waals surface area (Å²) in [5, 5.41) is 9.70. The number of esters is 1. The van der Waals surface area contributed by atoms with Crippen LogP contribution in [0.25, 0.3) is 11.1 Å². The van der Waals surface area contributed by atoms with Crippen LogP contribution in [0, 0.1) is 0 Å². The molecule has 1 aliphatic rings. The van der Waals surface area contributed by atoms with Crippen molar-refractivity contribution in [2.24, 2.45) is 0 Å². The first-order valence-electron chi connectivity index (χ1n) is 15.5. The molecule has 1 fully saturated rings. The van der Waals surface area contributed by atoms with Gasteiger partial charge in [0.15, 0.2) is 6.29 Å². The van der Waals surface area contributed by atoms with Crippen molar-refractivity contribution in [3.63, 3.8) is 0 Å². The van der Waals surface area contributed by atoms with Gasteiger partial charge in [0.1, 0.15) is 5.75 Å². The smallest absolute Gasteiger partial charge is 0.338 e. The van der Waals surface area contributed by atoms with Crippen LogP contribution in [0.5, 0.6) is 5.75 Å². The summed E-state index contributed by atoms with van der Waals surface area (Å²) >= 11 is 0. The Hall–Kier alpha value is -2.41. The molecule has 0 saturated carbocycles. The van der Waals surface area contributed by atoms with Crippen LogP contribution >= 0.6 is 0 Å². The summed E-state index contributed by atoms with van der Waals surface area (Å²) < 4.78 is 23.1. The minimum absolute atomic E-state index is 0.108. The molecule has 0 radical (unpaired) electrons. The first-order valence-corrected chi connectivity index (χ1v) is 15.5. The van der Waals surface area contributed by atoms with Crippen molar-refractivity contribution in [3.05, 3.63) is 54.1 Å². The molecule has 0 aromatic heterocycles. The van der Waals surface area contributed by atoms with Gasteiger partial charge >= 0.3 is 5.97 Å². The van der Waals surface area contributed by atoms with E-state index >= 15 is 0 Å². The molecule has 0 amide bonds. The van der Waals surface area contributed by atoms with Gasteiger partial charge in [0.25, 0.3) is 0 Å². The average molecular weight is 555 g/mol. The van der Waals surface area contributed by atoms with Crippen LogP contribution in [-0.2, 0) is 14.2 Å². The summed E-state index contributed by atoms with van der Waals surface area (Å²) in [6.45, 7) is 6.92. The number of unbranched alkanes of at least 4 members (excludes halogenated alkanes) is 7.